The molecule has 3 fully saturated rings. The van der Waals surface area contributed by atoms with Crippen molar-refractivity contribution in [3.05, 3.63) is 0 Å². The van der Waals surface area contributed by atoms with Crippen molar-refractivity contribution in [2.45, 2.75) is 92.4 Å². The maximum atomic E-state index is 10.6. The zero-order valence-electron chi connectivity index (χ0n) is 17.4. The Morgan fingerprint density at radius 2 is 1.09 bits per heavy atom. The summed E-state index contributed by atoms with van der Waals surface area (Å²) in [6.07, 6.45) is -21.7. The summed E-state index contributed by atoms with van der Waals surface area (Å²) in [6.45, 7) is -1.98. The molecule has 0 aromatic rings. The van der Waals surface area contributed by atoms with Crippen molar-refractivity contribution in [3.63, 3.8) is 0 Å². The Morgan fingerprint density at radius 3 is 1.64 bits per heavy atom. The van der Waals surface area contributed by atoms with Gasteiger partial charge in [0.25, 0.3) is 0 Å². The maximum Gasteiger partial charge on any atom is 0.187 e. The molecule has 0 spiro atoms. The van der Waals surface area contributed by atoms with Crippen LogP contribution in [0.1, 0.15) is 6.42 Å². The number of hydrogen-bond acceptors (Lipinski definition) is 15. The topological polar surface area (TPSA) is 248 Å². The molecule has 3 aliphatic heterocycles. The molecule has 15 nitrogen and oxygen atoms in total. The number of hydrogen-bond donors (Lipinski definition) is 10. The van der Waals surface area contributed by atoms with E-state index in [-0.39, 0.29) is 6.42 Å². The van der Waals surface area contributed by atoms with Crippen molar-refractivity contribution in [1.82, 2.24) is 0 Å². The number of rotatable bonds is 7. The van der Waals surface area contributed by atoms with Crippen molar-refractivity contribution >= 4 is 0 Å². The molecule has 0 aromatic carbocycles. The molecule has 10 N–H and O–H groups in total. The van der Waals surface area contributed by atoms with Crippen LogP contribution >= 0.6 is 0 Å². The van der Waals surface area contributed by atoms with Gasteiger partial charge in [-0.15, -0.1) is 0 Å². The summed E-state index contributed by atoms with van der Waals surface area (Å²) >= 11 is 0. The molecule has 3 rings (SSSR count). The van der Waals surface area contributed by atoms with Gasteiger partial charge in [-0.3, -0.25) is 0 Å². The van der Waals surface area contributed by atoms with E-state index in [0.29, 0.717) is 0 Å². The fourth-order valence-corrected chi connectivity index (χ4v) is 4.02. The number of aliphatic hydroxyl groups is 10. The third-order valence-electron chi connectivity index (χ3n) is 5.95. The summed E-state index contributed by atoms with van der Waals surface area (Å²) in [7, 11) is 0. The predicted octanol–water partition coefficient (Wildman–Crippen LogP) is -6.54. The molecule has 3 aliphatic rings. The van der Waals surface area contributed by atoms with Crippen LogP contribution in [-0.4, -0.2) is 157 Å². The molecule has 0 amide bonds. The minimum absolute atomic E-state index is 0.0679. The fraction of sp³-hybridized carbons (Fsp3) is 1.00. The zero-order chi connectivity index (χ0) is 24.4. The Labute approximate surface area is 187 Å². The van der Waals surface area contributed by atoms with E-state index < -0.39 is 106 Å². The van der Waals surface area contributed by atoms with E-state index in [0.717, 1.165) is 0 Å². The Hall–Kier alpha value is -0.600. The Morgan fingerprint density at radius 1 is 0.576 bits per heavy atom. The minimum Gasteiger partial charge on any atom is -0.394 e. The van der Waals surface area contributed by atoms with E-state index in [1.54, 1.807) is 0 Å². The van der Waals surface area contributed by atoms with E-state index in [2.05, 4.69) is 0 Å². The zero-order valence-corrected chi connectivity index (χ0v) is 17.4. The van der Waals surface area contributed by atoms with Crippen LogP contribution in [0.25, 0.3) is 0 Å². The van der Waals surface area contributed by atoms with E-state index in [4.69, 9.17) is 23.7 Å². The lowest BCUT2D eigenvalue weighted by atomic mass is 9.96. The number of ether oxygens (including phenoxy) is 5. The molecule has 10 unspecified atom stereocenters. The molecule has 14 atom stereocenters. The predicted molar refractivity (Wildman–Crippen MR) is 99.9 cm³/mol. The van der Waals surface area contributed by atoms with Gasteiger partial charge in [0.1, 0.15) is 54.9 Å². The standard InChI is InChI=1S/C18H32O15/c19-2-5-1-6(22)9(23)17(29-5)32-15-8(4-21)31-18(13(27)11(15)25)33-14-7(3-20)30-16(28)12(26)10(14)24/h5-28H,1-4H2/t5?,6?,7?,8?,9?,10?,11?,12?,13?,14-,15-,16?,17-,18-/m0/s1. The third-order valence-corrected chi connectivity index (χ3v) is 5.95. The normalized spacial score (nSPS) is 51.5. The van der Waals surface area contributed by atoms with Crippen molar-refractivity contribution in [1.29, 1.82) is 0 Å². The molecule has 0 aromatic heterocycles. The van der Waals surface area contributed by atoms with Gasteiger partial charge in [0.2, 0.25) is 0 Å². The highest BCUT2D eigenvalue weighted by molar-refractivity contribution is 4.95. The first kappa shape index (κ1) is 27.0. The smallest absolute Gasteiger partial charge is 0.187 e. The Bertz CT molecular complexity index is 607. The van der Waals surface area contributed by atoms with Crippen LogP contribution in [0.4, 0.5) is 0 Å². The van der Waals surface area contributed by atoms with Gasteiger partial charge in [-0.05, 0) is 0 Å². The van der Waals surface area contributed by atoms with E-state index in [9.17, 15) is 51.1 Å². The monoisotopic (exact) mass is 488 g/mol. The van der Waals surface area contributed by atoms with Crippen molar-refractivity contribution in [3.8, 4) is 0 Å². The van der Waals surface area contributed by atoms with Crippen LogP contribution in [0, 0.1) is 0 Å². The van der Waals surface area contributed by atoms with Gasteiger partial charge in [0, 0.05) is 6.42 Å². The Kier molecular flexibility index (Phi) is 9.35. The highest BCUT2D eigenvalue weighted by atomic mass is 16.7. The minimum atomic E-state index is -1.85. The van der Waals surface area contributed by atoms with Crippen LogP contribution in [0.15, 0.2) is 0 Å². The highest BCUT2D eigenvalue weighted by Gasteiger charge is 2.52. The summed E-state index contributed by atoms with van der Waals surface area (Å²) < 4.78 is 26.7. The first-order chi connectivity index (χ1) is 15.6. The van der Waals surface area contributed by atoms with Crippen LogP contribution in [0.3, 0.4) is 0 Å². The molecular formula is C18H32O15. The van der Waals surface area contributed by atoms with Gasteiger partial charge < -0.3 is 74.7 Å². The molecule has 0 bridgehead atoms. The lowest BCUT2D eigenvalue weighted by molar-refractivity contribution is -0.373. The van der Waals surface area contributed by atoms with Gasteiger partial charge in [-0.1, -0.05) is 0 Å². The molecule has 3 heterocycles. The lowest BCUT2D eigenvalue weighted by Crippen LogP contribution is -2.65. The second kappa shape index (κ2) is 11.4. The summed E-state index contributed by atoms with van der Waals surface area (Å²) in [5.74, 6) is 0. The van der Waals surface area contributed by atoms with Gasteiger partial charge >= 0.3 is 0 Å². The fourth-order valence-electron chi connectivity index (χ4n) is 4.02. The van der Waals surface area contributed by atoms with Crippen LogP contribution in [0.2, 0.25) is 0 Å². The lowest BCUT2D eigenvalue weighted by Gasteiger charge is -2.47. The molecule has 0 aliphatic carbocycles. The quantitative estimate of drug-likeness (QED) is 0.160. The van der Waals surface area contributed by atoms with E-state index in [1.807, 2.05) is 0 Å². The van der Waals surface area contributed by atoms with E-state index >= 15 is 0 Å². The van der Waals surface area contributed by atoms with Crippen molar-refractivity contribution in [2.75, 3.05) is 19.8 Å². The SMILES string of the molecule is OCC1CC(O)C(O)[C@H](O[C@H]2C(CO)O[C@@H](O[C@H]3C(CO)OC(O)C(O)C3O)C(O)C2O)O1. The van der Waals surface area contributed by atoms with Gasteiger partial charge in [0.05, 0.1) is 32.0 Å². The molecule has 194 valence electrons. The van der Waals surface area contributed by atoms with Gasteiger partial charge in [0.15, 0.2) is 18.9 Å². The summed E-state index contributed by atoms with van der Waals surface area (Å²) in [6, 6.07) is 0. The third kappa shape index (κ3) is 5.64. The molecule has 33 heavy (non-hydrogen) atoms. The second-order valence-electron chi connectivity index (χ2n) is 8.24. The molecule has 15 heteroatoms. The molecule has 3 saturated heterocycles. The van der Waals surface area contributed by atoms with Crippen molar-refractivity contribution in [2.24, 2.45) is 0 Å². The van der Waals surface area contributed by atoms with Crippen LogP contribution in [-0.2, 0) is 23.7 Å². The summed E-state index contributed by atoms with van der Waals surface area (Å²) in [4.78, 5) is 0. The maximum absolute atomic E-state index is 10.6. The summed E-state index contributed by atoms with van der Waals surface area (Å²) in [5, 5.41) is 99.2. The first-order valence-electron chi connectivity index (χ1n) is 10.5. The van der Waals surface area contributed by atoms with Crippen molar-refractivity contribution < 1.29 is 74.7 Å². The largest absolute Gasteiger partial charge is 0.394 e. The summed E-state index contributed by atoms with van der Waals surface area (Å²) in [5.41, 5.74) is 0. The van der Waals surface area contributed by atoms with Gasteiger partial charge in [-0.2, -0.15) is 0 Å². The average Bonchev–Trinajstić information content (AvgIpc) is 2.80. The van der Waals surface area contributed by atoms with Crippen LogP contribution in [0.5, 0.6) is 0 Å². The van der Waals surface area contributed by atoms with Gasteiger partial charge in [-0.25, -0.2) is 0 Å². The first-order valence-corrected chi connectivity index (χ1v) is 10.5. The second-order valence-corrected chi connectivity index (χ2v) is 8.24. The van der Waals surface area contributed by atoms with E-state index in [1.165, 1.54) is 0 Å². The molecular weight excluding hydrogens is 456 g/mol. The molecule has 0 radical (unpaired) electrons. The molecule has 0 saturated carbocycles. The average molecular weight is 488 g/mol. The number of aliphatic hydroxyl groups excluding tert-OH is 10. The highest BCUT2D eigenvalue weighted by Crippen LogP contribution is 2.31. The van der Waals surface area contributed by atoms with Crippen LogP contribution < -0.4 is 0 Å². The Balaban J connectivity index is 1.71.